The molecule has 1 atom stereocenters. The summed E-state index contributed by atoms with van der Waals surface area (Å²) in [6.45, 7) is 1.99. The average Bonchev–Trinajstić information content (AvgIpc) is 2.31. The minimum Gasteiger partial charge on any atom is -0.328 e. The summed E-state index contributed by atoms with van der Waals surface area (Å²) < 4.78 is 0. The van der Waals surface area contributed by atoms with Gasteiger partial charge in [-0.1, -0.05) is 0 Å². The third kappa shape index (κ3) is 2.08. The molecule has 0 amide bonds. The summed E-state index contributed by atoms with van der Waals surface area (Å²) in [5, 5.41) is 12.1. The standard InChI is InChI=1S/C11H13N3O/c12-5-9-4-10(7-14-11(9)15)8-2-1-3-13-6-8/h4,7-8,13H,1-3,6H2,(H,14,15). The van der Waals surface area contributed by atoms with E-state index in [4.69, 9.17) is 5.26 Å². The Hall–Kier alpha value is -1.60. The highest BCUT2D eigenvalue weighted by Gasteiger charge is 2.16. The Morgan fingerprint density at radius 2 is 2.40 bits per heavy atom. The molecule has 0 saturated carbocycles. The van der Waals surface area contributed by atoms with Crippen molar-refractivity contribution in [1.82, 2.24) is 10.3 Å². The van der Waals surface area contributed by atoms with Crippen molar-refractivity contribution in [1.29, 1.82) is 5.26 Å². The first-order valence-electron chi connectivity index (χ1n) is 5.14. The fourth-order valence-corrected chi connectivity index (χ4v) is 1.96. The van der Waals surface area contributed by atoms with Crippen molar-refractivity contribution in [3.05, 3.63) is 33.7 Å². The van der Waals surface area contributed by atoms with Crippen LogP contribution >= 0.6 is 0 Å². The van der Waals surface area contributed by atoms with Crippen molar-refractivity contribution >= 4 is 0 Å². The van der Waals surface area contributed by atoms with E-state index in [0.717, 1.165) is 31.5 Å². The van der Waals surface area contributed by atoms with Crippen molar-refractivity contribution in [3.63, 3.8) is 0 Å². The molecule has 4 heteroatoms. The number of H-pyrrole nitrogens is 1. The van der Waals surface area contributed by atoms with E-state index in [1.54, 1.807) is 12.3 Å². The zero-order valence-electron chi connectivity index (χ0n) is 8.42. The lowest BCUT2D eigenvalue weighted by molar-refractivity contribution is 0.460. The van der Waals surface area contributed by atoms with Gasteiger partial charge in [0.25, 0.3) is 5.56 Å². The predicted molar refractivity (Wildman–Crippen MR) is 56.6 cm³/mol. The largest absolute Gasteiger partial charge is 0.328 e. The third-order valence-corrected chi connectivity index (χ3v) is 2.81. The molecule has 1 saturated heterocycles. The van der Waals surface area contributed by atoms with Gasteiger partial charge in [-0.05, 0) is 36.9 Å². The molecule has 2 heterocycles. The van der Waals surface area contributed by atoms with Gasteiger partial charge in [-0.2, -0.15) is 5.26 Å². The maximum atomic E-state index is 11.2. The number of nitrogens with one attached hydrogen (secondary N) is 2. The van der Waals surface area contributed by atoms with Gasteiger partial charge in [0.15, 0.2) is 0 Å². The second-order valence-electron chi connectivity index (χ2n) is 3.83. The molecule has 0 aromatic carbocycles. The molecule has 1 aromatic rings. The molecule has 0 spiro atoms. The topological polar surface area (TPSA) is 68.7 Å². The van der Waals surface area contributed by atoms with E-state index in [2.05, 4.69) is 10.3 Å². The van der Waals surface area contributed by atoms with Crippen LogP contribution in [0.15, 0.2) is 17.1 Å². The summed E-state index contributed by atoms with van der Waals surface area (Å²) in [4.78, 5) is 13.8. The van der Waals surface area contributed by atoms with Crippen molar-refractivity contribution in [2.75, 3.05) is 13.1 Å². The second kappa shape index (κ2) is 4.28. The van der Waals surface area contributed by atoms with E-state index in [9.17, 15) is 4.79 Å². The van der Waals surface area contributed by atoms with Crippen LogP contribution in [0.2, 0.25) is 0 Å². The Kier molecular flexibility index (Phi) is 2.84. The van der Waals surface area contributed by atoms with Crippen LogP contribution < -0.4 is 10.9 Å². The smallest absolute Gasteiger partial charge is 0.265 e. The van der Waals surface area contributed by atoms with Crippen LogP contribution in [0.1, 0.15) is 29.9 Å². The maximum absolute atomic E-state index is 11.2. The van der Waals surface area contributed by atoms with Gasteiger partial charge in [0.2, 0.25) is 0 Å². The molecule has 1 aliphatic heterocycles. The zero-order chi connectivity index (χ0) is 10.7. The number of aromatic nitrogens is 1. The molecule has 15 heavy (non-hydrogen) atoms. The normalized spacial score (nSPS) is 20.9. The lowest BCUT2D eigenvalue weighted by Gasteiger charge is -2.22. The van der Waals surface area contributed by atoms with E-state index in [0.29, 0.717) is 5.92 Å². The van der Waals surface area contributed by atoms with Crippen LogP contribution in [0.4, 0.5) is 0 Å². The van der Waals surface area contributed by atoms with Gasteiger partial charge in [0.05, 0.1) is 0 Å². The zero-order valence-corrected chi connectivity index (χ0v) is 8.42. The van der Waals surface area contributed by atoms with Crippen LogP contribution in [0.5, 0.6) is 0 Å². The lowest BCUT2D eigenvalue weighted by atomic mass is 9.92. The molecule has 1 aliphatic rings. The first-order valence-corrected chi connectivity index (χ1v) is 5.14. The van der Waals surface area contributed by atoms with Crippen LogP contribution in [-0.4, -0.2) is 18.1 Å². The minimum atomic E-state index is -0.301. The number of hydrogen-bond acceptors (Lipinski definition) is 3. The molecule has 1 fully saturated rings. The van der Waals surface area contributed by atoms with Gasteiger partial charge in [-0.25, -0.2) is 0 Å². The highest BCUT2D eigenvalue weighted by molar-refractivity contribution is 5.31. The summed E-state index contributed by atoms with van der Waals surface area (Å²) in [5.41, 5.74) is 0.960. The first kappa shape index (κ1) is 9.94. The second-order valence-corrected chi connectivity index (χ2v) is 3.83. The first-order chi connectivity index (χ1) is 7.31. The third-order valence-electron chi connectivity index (χ3n) is 2.81. The van der Waals surface area contributed by atoms with Gasteiger partial charge in [0, 0.05) is 12.7 Å². The molecule has 0 bridgehead atoms. The summed E-state index contributed by atoms with van der Waals surface area (Å²) in [7, 11) is 0. The molecule has 1 unspecified atom stereocenters. The fraction of sp³-hybridized carbons (Fsp3) is 0.455. The van der Waals surface area contributed by atoms with Gasteiger partial charge in [-0.15, -0.1) is 0 Å². The Morgan fingerprint density at radius 3 is 3.07 bits per heavy atom. The van der Waals surface area contributed by atoms with Gasteiger partial charge >= 0.3 is 0 Å². The number of hydrogen-bond donors (Lipinski definition) is 2. The fourth-order valence-electron chi connectivity index (χ4n) is 1.96. The van der Waals surface area contributed by atoms with E-state index >= 15 is 0 Å². The Morgan fingerprint density at radius 1 is 1.53 bits per heavy atom. The predicted octanol–water partition coefficient (Wildman–Crippen LogP) is 0.714. The monoisotopic (exact) mass is 203 g/mol. The van der Waals surface area contributed by atoms with Gasteiger partial charge in [0.1, 0.15) is 11.6 Å². The van der Waals surface area contributed by atoms with Crippen LogP contribution in [0, 0.1) is 11.3 Å². The van der Waals surface area contributed by atoms with Crippen molar-refractivity contribution in [2.24, 2.45) is 0 Å². The summed E-state index contributed by atoms with van der Waals surface area (Å²) in [5.74, 6) is 0.419. The van der Waals surface area contributed by atoms with E-state index < -0.39 is 0 Å². The number of nitriles is 1. The Bertz CT molecular complexity index is 438. The molecule has 78 valence electrons. The summed E-state index contributed by atoms with van der Waals surface area (Å²) in [6.07, 6.45) is 3.98. The quantitative estimate of drug-likeness (QED) is 0.706. The van der Waals surface area contributed by atoms with E-state index in [-0.39, 0.29) is 11.1 Å². The van der Waals surface area contributed by atoms with Crippen LogP contribution in [0.25, 0.3) is 0 Å². The number of aromatic amines is 1. The van der Waals surface area contributed by atoms with Crippen molar-refractivity contribution in [2.45, 2.75) is 18.8 Å². The summed E-state index contributed by atoms with van der Waals surface area (Å²) in [6, 6.07) is 3.62. The molecule has 2 N–H and O–H groups in total. The van der Waals surface area contributed by atoms with Gasteiger partial charge < -0.3 is 10.3 Å². The number of pyridine rings is 1. The molecular formula is C11H13N3O. The molecule has 1 aromatic heterocycles. The minimum absolute atomic E-state index is 0.207. The van der Waals surface area contributed by atoms with Crippen LogP contribution in [-0.2, 0) is 0 Å². The summed E-state index contributed by atoms with van der Waals surface area (Å²) >= 11 is 0. The number of rotatable bonds is 1. The molecule has 0 radical (unpaired) electrons. The molecular weight excluding hydrogens is 190 g/mol. The highest BCUT2D eigenvalue weighted by Crippen LogP contribution is 2.22. The van der Waals surface area contributed by atoms with E-state index in [1.165, 1.54) is 0 Å². The maximum Gasteiger partial charge on any atom is 0.265 e. The molecule has 0 aliphatic carbocycles. The lowest BCUT2D eigenvalue weighted by Crippen LogP contribution is -2.28. The average molecular weight is 203 g/mol. The Balaban J connectivity index is 2.29. The number of piperidine rings is 1. The number of nitrogens with zero attached hydrogens (tertiary/aromatic N) is 1. The molecule has 4 nitrogen and oxygen atoms in total. The van der Waals surface area contributed by atoms with Crippen molar-refractivity contribution in [3.8, 4) is 6.07 Å². The SMILES string of the molecule is N#Cc1cc(C2CCCNC2)c[nH]c1=O. The van der Waals surface area contributed by atoms with Crippen molar-refractivity contribution < 1.29 is 0 Å². The molecule has 2 rings (SSSR count). The van der Waals surface area contributed by atoms with Gasteiger partial charge in [-0.3, -0.25) is 4.79 Å². The highest BCUT2D eigenvalue weighted by atomic mass is 16.1. The van der Waals surface area contributed by atoms with E-state index in [1.807, 2.05) is 6.07 Å². The Labute approximate surface area is 87.9 Å². The van der Waals surface area contributed by atoms with Crippen LogP contribution in [0.3, 0.4) is 0 Å².